The van der Waals surface area contributed by atoms with Crippen molar-refractivity contribution in [3.05, 3.63) is 28.8 Å². The van der Waals surface area contributed by atoms with E-state index in [0.29, 0.717) is 11.6 Å². The number of carbonyl (C=O) groups excluding carboxylic acids is 2. The summed E-state index contributed by atoms with van der Waals surface area (Å²) < 4.78 is 0. The van der Waals surface area contributed by atoms with Gasteiger partial charge in [0.1, 0.15) is 0 Å². The van der Waals surface area contributed by atoms with E-state index in [1.165, 1.54) is 0 Å². The van der Waals surface area contributed by atoms with Crippen LogP contribution in [0.4, 0.5) is 5.69 Å². The molecule has 0 aliphatic heterocycles. The summed E-state index contributed by atoms with van der Waals surface area (Å²) in [6.45, 7) is 2.46. The van der Waals surface area contributed by atoms with Gasteiger partial charge in [0, 0.05) is 6.54 Å². The van der Waals surface area contributed by atoms with E-state index in [9.17, 15) is 9.59 Å². The lowest BCUT2D eigenvalue weighted by atomic mass is 10.1. The number of carbonyl (C=O) groups is 2. The van der Waals surface area contributed by atoms with Gasteiger partial charge < -0.3 is 16.4 Å². The number of benzene rings is 1. The molecule has 1 rings (SSSR count). The van der Waals surface area contributed by atoms with Crippen LogP contribution in [0, 0.1) is 0 Å². The predicted octanol–water partition coefficient (Wildman–Crippen LogP) is 1.18. The van der Waals surface area contributed by atoms with Crippen molar-refractivity contribution < 1.29 is 9.59 Å². The van der Waals surface area contributed by atoms with Crippen LogP contribution in [0.25, 0.3) is 0 Å². The lowest BCUT2D eigenvalue weighted by Crippen LogP contribution is -2.37. The van der Waals surface area contributed by atoms with Crippen molar-refractivity contribution in [3.63, 3.8) is 0 Å². The third-order valence-electron chi connectivity index (χ3n) is 2.28. The average Bonchev–Trinajstić information content (AvgIpc) is 2.36. The highest BCUT2D eigenvalue weighted by Gasteiger charge is 2.12. The van der Waals surface area contributed by atoms with E-state index in [4.69, 9.17) is 17.3 Å². The average molecular weight is 270 g/mol. The Hall–Kier alpha value is -1.75. The molecule has 0 fully saturated rings. The zero-order valence-corrected chi connectivity index (χ0v) is 10.9. The Balaban J connectivity index is 2.55. The quantitative estimate of drug-likeness (QED) is 0.702. The molecule has 5 nitrogen and oxygen atoms in total. The van der Waals surface area contributed by atoms with Crippen LogP contribution in [0.15, 0.2) is 18.2 Å². The molecule has 0 saturated carbocycles. The minimum atomic E-state index is -0.415. The molecule has 0 bridgehead atoms. The lowest BCUT2D eigenvalue weighted by molar-refractivity contribution is -0.120. The normalized spacial score (nSPS) is 9.89. The molecule has 0 spiro atoms. The van der Waals surface area contributed by atoms with Crippen molar-refractivity contribution in [3.8, 4) is 0 Å². The van der Waals surface area contributed by atoms with Crippen molar-refractivity contribution in [2.45, 2.75) is 13.3 Å². The monoisotopic (exact) mass is 269 g/mol. The topological polar surface area (TPSA) is 84.2 Å². The Kier molecular flexibility index (Phi) is 5.45. The molecule has 0 aliphatic rings. The first-order valence-electron chi connectivity index (χ1n) is 5.65. The van der Waals surface area contributed by atoms with Crippen LogP contribution in [0.3, 0.4) is 0 Å². The van der Waals surface area contributed by atoms with Crippen molar-refractivity contribution in [2.75, 3.05) is 18.8 Å². The van der Waals surface area contributed by atoms with Gasteiger partial charge in [0.05, 0.1) is 22.8 Å². The largest absolute Gasteiger partial charge is 0.397 e. The van der Waals surface area contributed by atoms with Gasteiger partial charge in [-0.1, -0.05) is 24.6 Å². The molecule has 0 heterocycles. The first kappa shape index (κ1) is 14.3. The van der Waals surface area contributed by atoms with Crippen molar-refractivity contribution in [2.24, 2.45) is 0 Å². The Morgan fingerprint density at radius 1 is 1.33 bits per heavy atom. The number of nitrogen functional groups attached to an aromatic ring is 1. The second-order valence-corrected chi connectivity index (χ2v) is 4.14. The SMILES string of the molecule is CCCNC(=O)CNC(=O)c1cccc(Cl)c1N. The number of nitrogens with two attached hydrogens (primary N) is 1. The number of hydrogen-bond donors (Lipinski definition) is 3. The molecule has 0 aliphatic carbocycles. The van der Waals surface area contributed by atoms with E-state index in [0.717, 1.165) is 6.42 Å². The summed E-state index contributed by atoms with van der Waals surface area (Å²) in [7, 11) is 0. The number of nitrogens with one attached hydrogen (secondary N) is 2. The van der Waals surface area contributed by atoms with Gasteiger partial charge in [-0.25, -0.2) is 0 Å². The van der Waals surface area contributed by atoms with E-state index < -0.39 is 5.91 Å². The number of hydrogen-bond acceptors (Lipinski definition) is 3. The molecule has 18 heavy (non-hydrogen) atoms. The Labute approximate surface area is 111 Å². The zero-order valence-electron chi connectivity index (χ0n) is 10.1. The Bertz CT molecular complexity index is 449. The second kappa shape index (κ2) is 6.86. The molecule has 0 radical (unpaired) electrons. The highest BCUT2D eigenvalue weighted by atomic mass is 35.5. The number of rotatable bonds is 5. The summed E-state index contributed by atoms with van der Waals surface area (Å²) in [5, 5.41) is 5.46. The first-order chi connectivity index (χ1) is 8.56. The highest BCUT2D eigenvalue weighted by Crippen LogP contribution is 2.21. The van der Waals surface area contributed by atoms with Gasteiger partial charge in [-0.15, -0.1) is 0 Å². The molecule has 2 amide bonds. The Morgan fingerprint density at radius 3 is 2.72 bits per heavy atom. The molecule has 0 aromatic heterocycles. The molecule has 0 atom stereocenters. The summed E-state index contributed by atoms with van der Waals surface area (Å²) in [6.07, 6.45) is 0.848. The number of para-hydroxylation sites is 1. The maximum absolute atomic E-state index is 11.8. The van der Waals surface area contributed by atoms with Gasteiger partial charge in [-0.3, -0.25) is 9.59 Å². The highest BCUT2D eigenvalue weighted by molar-refractivity contribution is 6.33. The molecule has 4 N–H and O–H groups in total. The van der Waals surface area contributed by atoms with Crippen LogP contribution in [0.2, 0.25) is 5.02 Å². The summed E-state index contributed by atoms with van der Waals surface area (Å²) in [4.78, 5) is 23.1. The van der Waals surface area contributed by atoms with Gasteiger partial charge >= 0.3 is 0 Å². The third-order valence-corrected chi connectivity index (χ3v) is 2.61. The van der Waals surface area contributed by atoms with Gasteiger partial charge in [-0.05, 0) is 18.6 Å². The van der Waals surface area contributed by atoms with Gasteiger partial charge in [0.15, 0.2) is 0 Å². The van der Waals surface area contributed by atoms with E-state index in [-0.39, 0.29) is 23.7 Å². The fourth-order valence-electron chi connectivity index (χ4n) is 1.32. The third kappa shape index (κ3) is 3.92. The maximum Gasteiger partial charge on any atom is 0.253 e. The van der Waals surface area contributed by atoms with Crippen molar-refractivity contribution in [1.29, 1.82) is 0 Å². The van der Waals surface area contributed by atoms with Crippen LogP contribution in [0.5, 0.6) is 0 Å². The first-order valence-corrected chi connectivity index (χ1v) is 6.03. The number of anilines is 1. The van der Waals surface area contributed by atoms with Crippen LogP contribution < -0.4 is 16.4 Å². The van der Waals surface area contributed by atoms with Crippen molar-refractivity contribution >= 4 is 29.1 Å². The fourth-order valence-corrected chi connectivity index (χ4v) is 1.49. The summed E-state index contributed by atoms with van der Waals surface area (Å²) in [5.41, 5.74) is 6.16. The van der Waals surface area contributed by atoms with E-state index in [1.54, 1.807) is 18.2 Å². The van der Waals surface area contributed by atoms with E-state index in [2.05, 4.69) is 10.6 Å². The number of halogens is 1. The van der Waals surface area contributed by atoms with Crippen LogP contribution >= 0.6 is 11.6 Å². The van der Waals surface area contributed by atoms with Gasteiger partial charge in [0.2, 0.25) is 5.91 Å². The molecule has 98 valence electrons. The molecule has 1 aromatic rings. The molecule has 1 aromatic carbocycles. The lowest BCUT2D eigenvalue weighted by Gasteiger charge is -2.08. The maximum atomic E-state index is 11.8. The minimum absolute atomic E-state index is 0.0786. The Morgan fingerprint density at radius 2 is 2.06 bits per heavy atom. The molecular formula is C12H16ClN3O2. The molecule has 0 saturated heterocycles. The summed E-state index contributed by atoms with van der Waals surface area (Å²) >= 11 is 5.80. The van der Waals surface area contributed by atoms with E-state index >= 15 is 0 Å². The molecule has 6 heteroatoms. The summed E-state index contributed by atoms with van der Waals surface area (Å²) in [6, 6.07) is 4.78. The van der Waals surface area contributed by atoms with Gasteiger partial charge in [0.25, 0.3) is 5.91 Å². The number of amides is 2. The fraction of sp³-hybridized carbons (Fsp3) is 0.333. The molecule has 0 unspecified atom stereocenters. The zero-order chi connectivity index (χ0) is 13.5. The van der Waals surface area contributed by atoms with Crippen LogP contribution in [0.1, 0.15) is 23.7 Å². The van der Waals surface area contributed by atoms with Gasteiger partial charge in [-0.2, -0.15) is 0 Å². The smallest absolute Gasteiger partial charge is 0.253 e. The van der Waals surface area contributed by atoms with Crippen molar-refractivity contribution in [1.82, 2.24) is 10.6 Å². The van der Waals surface area contributed by atoms with Crippen LogP contribution in [-0.4, -0.2) is 24.9 Å². The van der Waals surface area contributed by atoms with Crippen LogP contribution in [-0.2, 0) is 4.79 Å². The van der Waals surface area contributed by atoms with E-state index in [1.807, 2.05) is 6.92 Å². The minimum Gasteiger partial charge on any atom is -0.397 e. The molecular weight excluding hydrogens is 254 g/mol. The second-order valence-electron chi connectivity index (χ2n) is 3.73. The standard InChI is InChI=1S/C12H16ClN3O2/c1-2-6-15-10(17)7-16-12(18)8-4-3-5-9(13)11(8)14/h3-5H,2,6-7,14H2,1H3,(H,15,17)(H,16,18). The summed E-state index contributed by atoms with van der Waals surface area (Å²) in [5.74, 6) is -0.646. The predicted molar refractivity (Wildman–Crippen MR) is 71.5 cm³/mol.